The summed E-state index contributed by atoms with van der Waals surface area (Å²) in [4.78, 5) is 1.41. The maximum Gasteiger partial charge on any atom is 0.0668 e. The Kier molecular flexibility index (Phi) is 4.11. The number of rotatable bonds is 4. The smallest absolute Gasteiger partial charge is 0.0668 e. The van der Waals surface area contributed by atoms with E-state index in [4.69, 9.17) is 4.74 Å². The Labute approximate surface area is 113 Å². The third-order valence-electron chi connectivity index (χ3n) is 3.76. The number of thioether (sulfide) groups is 1. The lowest BCUT2D eigenvalue weighted by atomic mass is 10.2. The third-order valence-corrected chi connectivity index (χ3v) is 5.11. The summed E-state index contributed by atoms with van der Waals surface area (Å²) in [5.74, 6) is 0. The van der Waals surface area contributed by atoms with E-state index in [1.54, 1.807) is 0 Å². The van der Waals surface area contributed by atoms with E-state index in [1.807, 2.05) is 0 Å². The predicted molar refractivity (Wildman–Crippen MR) is 77.4 cm³/mol. The highest BCUT2D eigenvalue weighted by atomic mass is 32.2. The van der Waals surface area contributed by atoms with Crippen LogP contribution in [-0.2, 0) is 4.74 Å². The van der Waals surface area contributed by atoms with E-state index in [1.165, 1.54) is 36.3 Å². The second-order valence-electron chi connectivity index (χ2n) is 5.25. The molecule has 1 aliphatic carbocycles. The van der Waals surface area contributed by atoms with Crippen molar-refractivity contribution in [2.45, 2.75) is 48.3 Å². The van der Waals surface area contributed by atoms with Crippen molar-refractivity contribution in [1.29, 1.82) is 0 Å². The normalized spacial score (nSPS) is 24.6. The molecule has 0 spiro atoms. The third kappa shape index (κ3) is 3.21. The van der Waals surface area contributed by atoms with Crippen LogP contribution < -0.4 is 5.32 Å². The molecule has 1 heterocycles. The van der Waals surface area contributed by atoms with E-state index in [2.05, 4.69) is 41.3 Å². The lowest BCUT2D eigenvalue weighted by molar-refractivity contribution is 0.195. The molecule has 0 bridgehead atoms. The van der Waals surface area contributed by atoms with Crippen molar-refractivity contribution in [1.82, 2.24) is 0 Å². The molecule has 2 fully saturated rings. The van der Waals surface area contributed by atoms with Gasteiger partial charge < -0.3 is 10.1 Å². The van der Waals surface area contributed by atoms with Crippen molar-refractivity contribution >= 4 is 17.4 Å². The molecule has 18 heavy (non-hydrogen) atoms. The number of ether oxygens (including phenoxy) is 1. The van der Waals surface area contributed by atoms with E-state index in [-0.39, 0.29) is 0 Å². The Hall–Kier alpha value is -0.670. The molecule has 1 aromatic carbocycles. The van der Waals surface area contributed by atoms with Gasteiger partial charge in [-0.05, 0) is 43.5 Å². The second kappa shape index (κ2) is 5.98. The maximum atomic E-state index is 5.38. The molecule has 1 saturated heterocycles. The van der Waals surface area contributed by atoms with Crippen LogP contribution in [0.1, 0.15) is 32.1 Å². The first-order valence-corrected chi connectivity index (χ1v) is 7.89. The summed E-state index contributed by atoms with van der Waals surface area (Å²) in [6.45, 7) is 1.74. The molecular formula is C15H21NOS. The summed E-state index contributed by atoms with van der Waals surface area (Å²) < 4.78 is 5.38. The van der Waals surface area contributed by atoms with Gasteiger partial charge in [0.1, 0.15) is 0 Å². The predicted octanol–water partition coefficient (Wildman–Crippen LogP) is 3.92. The highest BCUT2D eigenvalue weighted by Crippen LogP contribution is 2.35. The van der Waals surface area contributed by atoms with E-state index in [9.17, 15) is 0 Å². The Morgan fingerprint density at radius 1 is 1.06 bits per heavy atom. The van der Waals surface area contributed by atoms with Crippen molar-refractivity contribution in [2.75, 3.05) is 18.5 Å². The molecule has 0 radical (unpaired) electrons. The lowest BCUT2D eigenvalue weighted by Gasteiger charge is -2.13. The fourth-order valence-electron chi connectivity index (χ4n) is 2.71. The summed E-state index contributed by atoms with van der Waals surface area (Å²) in [5, 5.41) is 4.38. The van der Waals surface area contributed by atoms with Gasteiger partial charge in [-0.25, -0.2) is 0 Å². The van der Waals surface area contributed by atoms with E-state index < -0.39 is 0 Å². The first-order chi connectivity index (χ1) is 8.90. The minimum atomic E-state index is 0.498. The van der Waals surface area contributed by atoms with Crippen LogP contribution in [0.15, 0.2) is 29.2 Å². The molecule has 1 saturated carbocycles. The fourth-order valence-corrected chi connectivity index (χ4v) is 3.96. The Bertz CT molecular complexity index is 330. The molecule has 1 N–H and O–H groups in total. The van der Waals surface area contributed by atoms with Gasteiger partial charge in [0.2, 0.25) is 0 Å². The summed E-state index contributed by atoms with van der Waals surface area (Å²) in [5.41, 5.74) is 1.22. The molecule has 0 aromatic heterocycles. The molecule has 1 atom stereocenters. The van der Waals surface area contributed by atoms with Gasteiger partial charge in [0.25, 0.3) is 0 Å². The largest absolute Gasteiger partial charge is 0.380 e. The number of benzene rings is 1. The Morgan fingerprint density at radius 3 is 2.50 bits per heavy atom. The second-order valence-corrected chi connectivity index (χ2v) is 6.63. The summed E-state index contributed by atoms with van der Waals surface area (Å²) in [6.07, 6.45) is 6.74. The van der Waals surface area contributed by atoms with Gasteiger partial charge in [0.05, 0.1) is 12.6 Å². The highest BCUT2D eigenvalue weighted by molar-refractivity contribution is 8.00. The maximum absolute atomic E-state index is 5.38. The topological polar surface area (TPSA) is 21.3 Å². The Balaban J connectivity index is 1.54. The van der Waals surface area contributed by atoms with Crippen LogP contribution in [0, 0.1) is 0 Å². The van der Waals surface area contributed by atoms with Crippen molar-refractivity contribution in [3.63, 3.8) is 0 Å². The van der Waals surface area contributed by atoms with Gasteiger partial charge in [-0.1, -0.05) is 12.8 Å². The Morgan fingerprint density at radius 2 is 1.83 bits per heavy atom. The van der Waals surface area contributed by atoms with Crippen molar-refractivity contribution in [3.05, 3.63) is 24.3 Å². The van der Waals surface area contributed by atoms with E-state index in [0.717, 1.165) is 24.9 Å². The van der Waals surface area contributed by atoms with Crippen molar-refractivity contribution in [2.24, 2.45) is 0 Å². The fraction of sp³-hybridized carbons (Fsp3) is 0.600. The number of nitrogens with one attached hydrogen (secondary N) is 1. The lowest BCUT2D eigenvalue weighted by Crippen LogP contribution is -2.18. The monoisotopic (exact) mass is 263 g/mol. The van der Waals surface area contributed by atoms with Crippen LogP contribution in [0.3, 0.4) is 0 Å². The SMILES string of the molecule is c1cc(SC2CCCC2)ccc1NC1CCOC1. The van der Waals surface area contributed by atoms with Gasteiger partial charge >= 0.3 is 0 Å². The van der Waals surface area contributed by atoms with Crippen LogP contribution in [0.4, 0.5) is 5.69 Å². The molecule has 98 valence electrons. The zero-order valence-corrected chi connectivity index (χ0v) is 11.5. The molecule has 1 aromatic rings. The van der Waals surface area contributed by atoms with Gasteiger partial charge in [0, 0.05) is 22.4 Å². The van der Waals surface area contributed by atoms with Crippen molar-refractivity contribution in [3.8, 4) is 0 Å². The minimum Gasteiger partial charge on any atom is -0.380 e. The first kappa shape index (κ1) is 12.4. The number of hydrogen-bond donors (Lipinski definition) is 1. The molecule has 2 aliphatic rings. The van der Waals surface area contributed by atoms with Crippen LogP contribution in [0.25, 0.3) is 0 Å². The molecule has 1 aliphatic heterocycles. The highest BCUT2D eigenvalue weighted by Gasteiger charge is 2.17. The zero-order chi connectivity index (χ0) is 12.2. The van der Waals surface area contributed by atoms with Crippen LogP contribution >= 0.6 is 11.8 Å². The average Bonchev–Trinajstić information content (AvgIpc) is 3.05. The van der Waals surface area contributed by atoms with Crippen LogP contribution in [-0.4, -0.2) is 24.5 Å². The zero-order valence-electron chi connectivity index (χ0n) is 10.7. The van der Waals surface area contributed by atoms with Crippen LogP contribution in [0.2, 0.25) is 0 Å². The summed E-state index contributed by atoms with van der Waals surface area (Å²) in [6, 6.07) is 9.41. The van der Waals surface area contributed by atoms with Crippen molar-refractivity contribution < 1.29 is 4.74 Å². The average molecular weight is 263 g/mol. The van der Waals surface area contributed by atoms with Gasteiger partial charge in [-0.3, -0.25) is 0 Å². The van der Waals surface area contributed by atoms with E-state index in [0.29, 0.717) is 6.04 Å². The standard InChI is InChI=1S/C15H21NOS/c1-2-4-14(3-1)18-15-7-5-12(6-8-15)16-13-9-10-17-11-13/h5-8,13-14,16H,1-4,9-11H2. The van der Waals surface area contributed by atoms with E-state index >= 15 is 0 Å². The minimum absolute atomic E-state index is 0.498. The quantitative estimate of drug-likeness (QED) is 0.889. The molecule has 1 unspecified atom stereocenters. The van der Waals surface area contributed by atoms with Gasteiger partial charge in [-0.15, -0.1) is 11.8 Å². The molecule has 2 nitrogen and oxygen atoms in total. The molecule has 3 heteroatoms. The molecule has 3 rings (SSSR count). The molecule has 0 amide bonds. The summed E-state index contributed by atoms with van der Waals surface area (Å²) >= 11 is 2.05. The summed E-state index contributed by atoms with van der Waals surface area (Å²) in [7, 11) is 0. The van der Waals surface area contributed by atoms with Gasteiger partial charge in [0.15, 0.2) is 0 Å². The van der Waals surface area contributed by atoms with Crippen LogP contribution in [0.5, 0.6) is 0 Å². The number of anilines is 1. The van der Waals surface area contributed by atoms with Gasteiger partial charge in [-0.2, -0.15) is 0 Å². The molecular weight excluding hydrogens is 242 g/mol. The first-order valence-electron chi connectivity index (χ1n) is 7.01. The number of hydrogen-bond acceptors (Lipinski definition) is 3.